The van der Waals surface area contributed by atoms with E-state index < -0.39 is 0 Å². The van der Waals surface area contributed by atoms with Gasteiger partial charge < -0.3 is 11.1 Å². The van der Waals surface area contributed by atoms with Crippen LogP contribution in [0.2, 0.25) is 0 Å². The first-order valence-electron chi connectivity index (χ1n) is 5.83. The van der Waals surface area contributed by atoms with Crippen LogP contribution in [-0.4, -0.2) is 9.97 Å². The van der Waals surface area contributed by atoms with Gasteiger partial charge in [-0.15, -0.1) is 0 Å². The minimum absolute atomic E-state index is 0.502. The van der Waals surface area contributed by atoms with E-state index in [9.17, 15) is 0 Å². The molecule has 2 aromatic heterocycles. The molecule has 0 amide bonds. The van der Waals surface area contributed by atoms with Crippen molar-refractivity contribution in [3.05, 3.63) is 54.7 Å². The molecule has 0 saturated heterocycles. The molecule has 19 heavy (non-hydrogen) atoms. The SMILES string of the molecule is Nc1nc(Nc2ccccc2)sc1-c1ccccn1. The number of nitrogen functional groups attached to an aromatic ring is 1. The quantitative estimate of drug-likeness (QED) is 0.762. The summed E-state index contributed by atoms with van der Waals surface area (Å²) in [4.78, 5) is 9.51. The third-order valence-corrected chi connectivity index (χ3v) is 3.59. The third-order valence-electron chi connectivity index (χ3n) is 2.58. The van der Waals surface area contributed by atoms with E-state index in [2.05, 4.69) is 15.3 Å². The van der Waals surface area contributed by atoms with Crippen molar-refractivity contribution in [2.24, 2.45) is 0 Å². The topological polar surface area (TPSA) is 63.8 Å². The Labute approximate surface area is 115 Å². The summed E-state index contributed by atoms with van der Waals surface area (Å²) in [6, 6.07) is 15.6. The van der Waals surface area contributed by atoms with Gasteiger partial charge in [-0.1, -0.05) is 35.6 Å². The first-order valence-corrected chi connectivity index (χ1v) is 6.64. The van der Waals surface area contributed by atoms with Crippen molar-refractivity contribution in [1.29, 1.82) is 0 Å². The molecule has 3 N–H and O–H groups in total. The first kappa shape index (κ1) is 11.7. The largest absolute Gasteiger partial charge is 0.382 e. The number of nitrogens with one attached hydrogen (secondary N) is 1. The van der Waals surface area contributed by atoms with Crippen LogP contribution in [0, 0.1) is 0 Å². The van der Waals surface area contributed by atoms with E-state index in [1.807, 2.05) is 48.5 Å². The number of anilines is 3. The lowest BCUT2D eigenvalue weighted by molar-refractivity contribution is 1.33. The van der Waals surface area contributed by atoms with Crippen LogP contribution in [0.4, 0.5) is 16.6 Å². The Hall–Kier alpha value is -2.40. The van der Waals surface area contributed by atoms with Crippen LogP contribution in [0.25, 0.3) is 10.6 Å². The first-order chi connectivity index (χ1) is 9.33. The van der Waals surface area contributed by atoms with Crippen molar-refractivity contribution in [3.63, 3.8) is 0 Å². The molecule has 0 fully saturated rings. The van der Waals surface area contributed by atoms with Crippen molar-refractivity contribution in [1.82, 2.24) is 9.97 Å². The summed E-state index contributed by atoms with van der Waals surface area (Å²) in [6.07, 6.45) is 1.75. The summed E-state index contributed by atoms with van der Waals surface area (Å²) >= 11 is 1.50. The highest BCUT2D eigenvalue weighted by molar-refractivity contribution is 7.19. The van der Waals surface area contributed by atoms with Crippen molar-refractivity contribution < 1.29 is 0 Å². The number of hydrogen-bond donors (Lipinski definition) is 2. The lowest BCUT2D eigenvalue weighted by Crippen LogP contribution is -1.91. The zero-order valence-electron chi connectivity index (χ0n) is 10.1. The molecule has 0 bridgehead atoms. The van der Waals surface area contributed by atoms with Gasteiger partial charge in [0.15, 0.2) is 5.13 Å². The molecule has 0 spiro atoms. The average Bonchev–Trinajstić information content (AvgIpc) is 2.82. The molecule has 0 saturated carbocycles. The van der Waals surface area contributed by atoms with Gasteiger partial charge in [0.25, 0.3) is 0 Å². The lowest BCUT2D eigenvalue weighted by atomic mass is 10.3. The number of benzene rings is 1. The normalized spacial score (nSPS) is 10.3. The van der Waals surface area contributed by atoms with E-state index in [-0.39, 0.29) is 0 Å². The lowest BCUT2D eigenvalue weighted by Gasteiger charge is -2.00. The molecule has 3 rings (SSSR count). The van der Waals surface area contributed by atoms with Gasteiger partial charge in [-0.2, -0.15) is 0 Å². The molecule has 94 valence electrons. The third kappa shape index (κ3) is 2.56. The number of para-hydroxylation sites is 1. The van der Waals surface area contributed by atoms with Crippen LogP contribution in [-0.2, 0) is 0 Å². The Balaban J connectivity index is 1.90. The van der Waals surface area contributed by atoms with E-state index in [4.69, 9.17) is 5.73 Å². The second kappa shape index (κ2) is 5.07. The van der Waals surface area contributed by atoms with Gasteiger partial charge in [0.05, 0.1) is 10.6 Å². The van der Waals surface area contributed by atoms with Crippen LogP contribution in [0.5, 0.6) is 0 Å². The van der Waals surface area contributed by atoms with Crippen LogP contribution < -0.4 is 11.1 Å². The van der Waals surface area contributed by atoms with Crippen molar-refractivity contribution >= 4 is 28.0 Å². The minimum atomic E-state index is 0.502. The standard InChI is InChI=1S/C14H12N4S/c15-13-12(11-8-4-5-9-16-11)19-14(18-13)17-10-6-2-1-3-7-10/h1-9H,15H2,(H,17,18). The number of nitrogens with zero attached hydrogens (tertiary/aromatic N) is 2. The van der Waals surface area contributed by atoms with Gasteiger partial charge in [-0.3, -0.25) is 4.98 Å². The summed E-state index contributed by atoms with van der Waals surface area (Å²) in [5.41, 5.74) is 7.78. The summed E-state index contributed by atoms with van der Waals surface area (Å²) in [6.45, 7) is 0. The fourth-order valence-corrected chi connectivity index (χ4v) is 2.59. The smallest absolute Gasteiger partial charge is 0.189 e. The fourth-order valence-electron chi connectivity index (χ4n) is 1.71. The highest BCUT2D eigenvalue weighted by Crippen LogP contribution is 2.34. The van der Waals surface area contributed by atoms with Gasteiger partial charge in [0.1, 0.15) is 5.82 Å². The minimum Gasteiger partial charge on any atom is -0.382 e. The van der Waals surface area contributed by atoms with Crippen molar-refractivity contribution in [3.8, 4) is 10.6 Å². The molecule has 0 unspecified atom stereocenters. The summed E-state index contributed by atoms with van der Waals surface area (Å²) in [5, 5.41) is 4.00. The van der Waals surface area contributed by atoms with E-state index >= 15 is 0 Å². The van der Waals surface area contributed by atoms with Crippen molar-refractivity contribution in [2.45, 2.75) is 0 Å². The van der Waals surface area contributed by atoms with Crippen molar-refractivity contribution in [2.75, 3.05) is 11.1 Å². The number of thiazole rings is 1. The molecule has 0 radical (unpaired) electrons. The van der Waals surface area contributed by atoms with E-state index in [1.54, 1.807) is 6.20 Å². The zero-order valence-corrected chi connectivity index (χ0v) is 10.9. The Morgan fingerprint density at radius 1 is 1.00 bits per heavy atom. The number of aromatic nitrogens is 2. The fraction of sp³-hybridized carbons (Fsp3) is 0. The van der Waals surface area contributed by atoms with Crippen LogP contribution in [0.15, 0.2) is 54.7 Å². The Bertz CT molecular complexity index is 664. The molecule has 0 aliphatic heterocycles. The highest BCUT2D eigenvalue weighted by Gasteiger charge is 2.11. The monoisotopic (exact) mass is 268 g/mol. The number of rotatable bonds is 3. The Morgan fingerprint density at radius 3 is 2.53 bits per heavy atom. The zero-order chi connectivity index (χ0) is 13.1. The summed E-state index contributed by atoms with van der Waals surface area (Å²) in [5.74, 6) is 0.502. The molecule has 0 aliphatic rings. The molecule has 2 heterocycles. The average molecular weight is 268 g/mol. The molecule has 5 heteroatoms. The van der Waals surface area contributed by atoms with Crippen LogP contribution in [0.1, 0.15) is 0 Å². The van der Waals surface area contributed by atoms with E-state index in [0.29, 0.717) is 5.82 Å². The number of nitrogens with two attached hydrogens (primary N) is 1. The molecule has 0 atom stereocenters. The molecule has 4 nitrogen and oxygen atoms in total. The second-order valence-corrected chi connectivity index (χ2v) is 4.94. The second-order valence-electron chi connectivity index (χ2n) is 3.94. The molecule has 3 aromatic rings. The maximum absolute atomic E-state index is 5.95. The maximum atomic E-state index is 5.95. The molecule has 1 aromatic carbocycles. The highest BCUT2D eigenvalue weighted by atomic mass is 32.1. The number of hydrogen-bond acceptors (Lipinski definition) is 5. The summed E-state index contributed by atoms with van der Waals surface area (Å²) < 4.78 is 0. The predicted octanol–water partition coefficient (Wildman–Crippen LogP) is 3.53. The Morgan fingerprint density at radius 2 is 1.79 bits per heavy atom. The van der Waals surface area contributed by atoms with Gasteiger partial charge in [0, 0.05) is 11.9 Å². The van der Waals surface area contributed by atoms with Gasteiger partial charge in [-0.25, -0.2) is 4.98 Å². The predicted molar refractivity (Wildman–Crippen MR) is 79.5 cm³/mol. The maximum Gasteiger partial charge on any atom is 0.189 e. The van der Waals surface area contributed by atoms with Gasteiger partial charge >= 0.3 is 0 Å². The molecule has 0 aliphatic carbocycles. The number of pyridine rings is 1. The van der Waals surface area contributed by atoms with E-state index in [1.165, 1.54) is 11.3 Å². The molecular weight excluding hydrogens is 256 g/mol. The summed E-state index contributed by atoms with van der Waals surface area (Å²) in [7, 11) is 0. The van der Waals surface area contributed by atoms with Crippen LogP contribution in [0.3, 0.4) is 0 Å². The molecular formula is C14H12N4S. The van der Waals surface area contributed by atoms with Gasteiger partial charge in [0.2, 0.25) is 0 Å². The Kier molecular flexibility index (Phi) is 3.12. The van der Waals surface area contributed by atoms with Gasteiger partial charge in [-0.05, 0) is 24.3 Å². The van der Waals surface area contributed by atoms with E-state index in [0.717, 1.165) is 21.4 Å². The van der Waals surface area contributed by atoms with Crippen LogP contribution >= 0.6 is 11.3 Å².